The van der Waals surface area contributed by atoms with Gasteiger partial charge in [-0.1, -0.05) is 18.2 Å². The number of ether oxygens (including phenoxy) is 1. The van der Waals surface area contributed by atoms with Crippen molar-refractivity contribution in [2.24, 2.45) is 5.92 Å². The minimum atomic E-state index is 0.0305. The summed E-state index contributed by atoms with van der Waals surface area (Å²) in [7, 11) is 0. The molecule has 0 radical (unpaired) electrons. The number of likely N-dealkylation sites (tertiary alicyclic amines) is 1. The summed E-state index contributed by atoms with van der Waals surface area (Å²) in [6.07, 6.45) is 1.86. The number of fused-ring (bicyclic) bond motifs is 1. The number of pyridine rings is 1. The molecule has 2 aliphatic heterocycles. The van der Waals surface area contributed by atoms with Crippen LogP contribution in [-0.2, 0) is 20.7 Å². The van der Waals surface area contributed by atoms with Gasteiger partial charge in [0.05, 0.1) is 25.2 Å². The Labute approximate surface area is 171 Å². The van der Waals surface area contributed by atoms with Crippen LogP contribution in [0.2, 0.25) is 0 Å². The number of nitrogens with zero attached hydrogens (tertiary/aromatic N) is 3. The molecule has 2 amide bonds. The Bertz CT molecular complexity index is 913. The Morgan fingerprint density at radius 2 is 1.72 bits per heavy atom. The predicted octanol–water partition coefficient (Wildman–Crippen LogP) is 2.49. The van der Waals surface area contributed by atoms with Crippen molar-refractivity contribution in [1.82, 2.24) is 14.8 Å². The first-order valence-electron chi connectivity index (χ1n) is 10.5. The summed E-state index contributed by atoms with van der Waals surface area (Å²) in [4.78, 5) is 34.2. The second kappa shape index (κ2) is 8.49. The van der Waals surface area contributed by atoms with E-state index in [1.165, 1.54) is 0 Å². The Kier molecular flexibility index (Phi) is 5.81. The molecule has 6 nitrogen and oxygen atoms in total. The summed E-state index contributed by atoms with van der Waals surface area (Å²) < 4.78 is 5.34. The number of hydrogen-bond acceptors (Lipinski definition) is 4. The molecule has 4 rings (SSSR count). The zero-order valence-electron chi connectivity index (χ0n) is 17.3. The van der Waals surface area contributed by atoms with Gasteiger partial charge in [0.2, 0.25) is 11.8 Å². The molecular weight excluding hydrogens is 366 g/mol. The molecule has 2 aliphatic rings. The fourth-order valence-corrected chi connectivity index (χ4v) is 4.51. The number of morpholine rings is 1. The van der Waals surface area contributed by atoms with E-state index in [0.29, 0.717) is 45.8 Å². The molecule has 29 heavy (non-hydrogen) atoms. The van der Waals surface area contributed by atoms with Crippen LogP contribution >= 0.6 is 0 Å². The highest BCUT2D eigenvalue weighted by atomic mass is 16.5. The molecule has 0 bridgehead atoms. The van der Waals surface area contributed by atoms with Crippen molar-refractivity contribution >= 4 is 22.7 Å². The van der Waals surface area contributed by atoms with Crippen LogP contribution in [0.4, 0.5) is 0 Å². The summed E-state index contributed by atoms with van der Waals surface area (Å²) in [5.74, 6) is 0.388. The van der Waals surface area contributed by atoms with Crippen molar-refractivity contribution in [3.8, 4) is 0 Å². The molecule has 2 fully saturated rings. The van der Waals surface area contributed by atoms with Crippen molar-refractivity contribution in [2.75, 3.05) is 39.4 Å². The number of carbonyl (C=O) groups is 2. The number of aromatic nitrogens is 1. The van der Waals surface area contributed by atoms with Crippen LogP contribution in [0.25, 0.3) is 10.9 Å². The van der Waals surface area contributed by atoms with E-state index in [4.69, 9.17) is 9.72 Å². The van der Waals surface area contributed by atoms with Gasteiger partial charge >= 0.3 is 0 Å². The van der Waals surface area contributed by atoms with Gasteiger partial charge in [0, 0.05) is 43.2 Å². The molecule has 1 aromatic carbocycles. The van der Waals surface area contributed by atoms with E-state index in [1.807, 2.05) is 34.9 Å². The Morgan fingerprint density at radius 1 is 1.03 bits per heavy atom. The van der Waals surface area contributed by atoms with E-state index < -0.39 is 0 Å². The van der Waals surface area contributed by atoms with Gasteiger partial charge in [-0.05, 0) is 43.9 Å². The van der Waals surface area contributed by atoms with Crippen molar-refractivity contribution in [2.45, 2.75) is 33.1 Å². The van der Waals surface area contributed by atoms with Crippen LogP contribution in [0.5, 0.6) is 0 Å². The molecular formula is C23H29N3O3. The van der Waals surface area contributed by atoms with Gasteiger partial charge in [0.15, 0.2) is 0 Å². The van der Waals surface area contributed by atoms with Gasteiger partial charge in [-0.15, -0.1) is 0 Å². The molecule has 154 valence electrons. The number of benzene rings is 1. The summed E-state index contributed by atoms with van der Waals surface area (Å²) in [5.41, 5.74) is 4.06. The Balaban J connectivity index is 1.39. The maximum absolute atomic E-state index is 13.0. The second-order valence-corrected chi connectivity index (χ2v) is 8.09. The third-order valence-electron chi connectivity index (χ3n) is 6.33. The van der Waals surface area contributed by atoms with Gasteiger partial charge in [-0.25, -0.2) is 0 Å². The van der Waals surface area contributed by atoms with Crippen molar-refractivity contribution in [3.63, 3.8) is 0 Å². The quantitative estimate of drug-likeness (QED) is 0.801. The summed E-state index contributed by atoms with van der Waals surface area (Å²) in [5, 5.41) is 1.11. The largest absolute Gasteiger partial charge is 0.378 e. The Morgan fingerprint density at radius 3 is 2.45 bits per heavy atom. The molecule has 0 spiro atoms. The number of amides is 2. The maximum atomic E-state index is 13.0. The third kappa shape index (κ3) is 4.13. The topological polar surface area (TPSA) is 62.7 Å². The number of rotatable bonds is 3. The van der Waals surface area contributed by atoms with Crippen LogP contribution in [0.3, 0.4) is 0 Å². The van der Waals surface area contributed by atoms with E-state index in [2.05, 4.69) is 13.0 Å². The molecule has 0 saturated carbocycles. The summed E-state index contributed by atoms with van der Waals surface area (Å²) in [6.45, 7) is 7.99. The monoisotopic (exact) mass is 395 g/mol. The molecule has 6 heteroatoms. The molecule has 0 N–H and O–H groups in total. The lowest BCUT2D eigenvalue weighted by molar-refractivity contribution is -0.143. The minimum absolute atomic E-state index is 0.0305. The molecule has 0 unspecified atom stereocenters. The van der Waals surface area contributed by atoms with Crippen molar-refractivity contribution in [3.05, 3.63) is 41.1 Å². The number of piperidine rings is 1. The van der Waals surface area contributed by atoms with Gasteiger partial charge < -0.3 is 14.5 Å². The van der Waals surface area contributed by atoms with Gasteiger partial charge in [-0.3, -0.25) is 14.6 Å². The third-order valence-corrected chi connectivity index (χ3v) is 6.33. The molecule has 1 aromatic heterocycles. The highest BCUT2D eigenvalue weighted by Crippen LogP contribution is 2.25. The van der Waals surface area contributed by atoms with Crippen molar-refractivity contribution in [1.29, 1.82) is 0 Å². The van der Waals surface area contributed by atoms with E-state index in [0.717, 1.165) is 40.6 Å². The normalized spacial score (nSPS) is 18.3. The molecule has 3 heterocycles. The fourth-order valence-electron chi connectivity index (χ4n) is 4.51. The maximum Gasteiger partial charge on any atom is 0.227 e. The summed E-state index contributed by atoms with van der Waals surface area (Å²) >= 11 is 0. The summed E-state index contributed by atoms with van der Waals surface area (Å²) in [6, 6.07) is 8.07. The van der Waals surface area contributed by atoms with Crippen molar-refractivity contribution < 1.29 is 14.3 Å². The predicted molar refractivity (Wildman–Crippen MR) is 112 cm³/mol. The SMILES string of the molecule is Cc1nc2ccccc2c(C)c1CC(=O)N1CCC(C(=O)N2CCOCC2)CC1. The second-order valence-electron chi connectivity index (χ2n) is 8.09. The average molecular weight is 396 g/mol. The van der Waals surface area contributed by atoms with E-state index in [-0.39, 0.29) is 17.7 Å². The molecule has 2 aromatic rings. The lowest BCUT2D eigenvalue weighted by Gasteiger charge is -2.35. The minimum Gasteiger partial charge on any atom is -0.378 e. The molecule has 2 saturated heterocycles. The number of aryl methyl sites for hydroxylation is 2. The van der Waals surface area contributed by atoms with E-state index in [9.17, 15) is 9.59 Å². The lowest BCUT2D eigenvalue weighted by Crippen LogP contribution is -2.47. The smallest absolute Gasteiger partial charge is 0.227 e. The van der Waals surface area contributed by atoms with Crippen LogP contribution in [0.1, 0.15) is 29.7 Å². The highest BCUT2D eigenvalue weighted by molar-refractivity contribution is 5.87. The zero-order valence-corrected chi connectivity index (χ0v) is 17.3. The lowest BCUT2D eigenvalue weighted by atomic mass is 9.94. The van der Waals surface area contributed by atoms with Gasteiger partial charge in [0.25, 0.3) is 0 Å². The average Bonchev–Trinajstić information content (AvgIpc) is 2.76. The molecule has 0 atom stereocenters. The number of hydrogen-bond donors (Lipinski definition) is 0. The van der Waals surface area contributed by atoms with Crippen LogP contribution in [0, 0.1) is 19.8 Å². The zero-order chi connectivity index (χ0) is 20.4. The first-order chi connectivity index (χ1) is 14.0. The van der Waals surface area contributed by atoms with Crippen LogP contribution in [-0.4, -0.2) is 66.0 Å². The number of para-hydroxylation sites is 1. The standard InChI is InChI=1S/C23H29N3O3/c1-16-19-5-3-4-6-21(19)24-17(2)20(16)15-22(27)25-9-7-18(8-10-25)23(28)26-11-13-29-14-12-26/h3-6,18H,7-15H2,1-2H3. The fraction of sp³-hybridized carbons (Fsp3) is 0.522. The van der Waals surface area contributed by atoms with Crippen LogP contribution in [0.15, 0.2) is 24.3 Å². The van der Waals surface area contributed by atoms with Gasteiger partial charge in [-0.2, -0.15) is 0 Å². The Hall–Kier alpha value is -2.47. The first-order valence-corrected chi connectivity index (χ1v) is 10.5. The first kappa shape index (κ1) is 19.8. The van der Waals surface area contributed by atoms with E-state index >= 15 is 0 Å². The van der Waals surface area contributed by atoms with Crippen LogP contribution < -0.4 is 0 Å². The highest BCUT2D eigenvalue weighted by Gasteiger charge is 2.31. The van der Waals surface area contributed by atoms with Gasteiger partial charge in [0.1, 0.15) is 0 Å². The number of carbonyl (C=O) groups excluding carboxylic acids is 2. The molecule has 0 aliphatic carbocycles. The van der Waals surface area contributed by atoms with E-state index in [1.54, 1.807) is 0 Å².